The van der Waals surface area contributed by atoms with Gasteiger partial charge in [0, 0.05) is 50.0 Å². The number of hydrogen-bond acceptors (Lipinski definition) is 5. The van der Waals surface area contributed by atoms with Crippen LogP contribution in [0.2, 0.25) is 5.02 Å². The summed E-state index contributed by atoms with van der Waals surface area (Å²) in [5, 5.41) is 0.754. The summed E-state index contributed by atoms with van der Waals surface area (Å²) in [6.07, 6.45) is 5.09. The average molecular weight is 444 g/mol. The molecule has 31 heavy (non-hydrogen) atoms. The van der Waals surface area contributed by atoms with Crippen LogP contribution in [-0.4, -0.2) is 73.6 Å². The molecular weight excluding hydrogens is 414 g/mol. The number of amides is 2. The van der Waals surface area contributed by atoms with Crippen molar-refractivity contribution in [1.82, 2.24) is 9.80 Å². The molecule has 6 nitrogen and oxygen atoms in total. The van der Waals surface area contributed by atoms with Crippen LogP contribution in [0.15, 0.2) is 36.4 Å². The third kappa shape index (κ3) is 3.90. The topological polar surface area (TPSA) is 53.1 Å². The van der Waals surface area contributed by atoms with Crippen LogP contribution < -0.4 is 4.90 Å². The van der Waals surface area contributed by atoms with Crippen LogP contribution in [0, 0.1) is 23.7 Å². The molecule has 2 heterocycles. The summed E-state index contributed by atoms with van der Waals surface area (Å²) >= 11 is 6.14. The van der Waals surface area contributed by atoms with Crippen molar-refractivity contribution in [3.8, 4) is 0 Å². The van der Waals surface area contributed by atoms with Crippen molar-refractivity contribution >= 4 is 29.1 Å². The number of halogens is 1. The molecule has 0 aromatic heterocycles. The van der Waals surface area contributed by atoms with E-state index in [-0.39, 0.29) is 41.6 Å². The van der Waals surface area contributed by atoms with E-state index in [4.69, 9.17) is 16.3 Å². The third-order valence-corrected chi connectivity index (χ3v) is 7.59. The van der Waals surface area contributed by atoms with Crippen LogP contribution in [0.3, 0.4) is 0 Å². The van der Waals surface area contributed by atoms with E-state index in [2.05, 4.69) is 28.0 Å². The molecule has 1 saturated carbocycles. The van der Waals surface area contributed by atoms with Crippen molar-refractivity contribution < 1.29 is 14.3 Å². The SMILES string of the molecule is CCOC(CN1CCN(c2cccc(Cl)c2)CC1)CN1C(=O)C2C3C=C[C@@H](C3)[C@@H]2C1=O. The van der Waals surface area contributed by atoms with Gasteiger partial charge in [0.05, 0.1) is 24.5 Å². The minimum atomic E-state index is -0.153. The first-order valence-corrected chi connectivity index (χ1v) is 11.8. The van der Waals surface area contributed by atoms with E-state index >= 15 is 0 Å². The van der Waals surface area contributed by atoms with Gasteiger partial charge >= 0.3 is 0 Å². The summed E-state index contributed by atoms with van der Waals surface area (Å²) in [5.41, 5.74) is 1.15. The second-order valence-corrected chi connectivity index (χ2v) is 9.57. The molecular formula is C24H30ClN3O3. The van der Waals surface area contributed by atoms with Crippen molar-refractivity contribution in [2.45, 2.75) is 19.4 Å². The number of imide groups is 1. The second kappa shape index (κ2) is 8.57. The lowest BCUT2D eigenvalue weighted by Crippen LogP contribution is -2.51. The first-order chi connectivity index (χ1) is 15.0. The van der Waals surface area contributed by atoms with E-state index in [0.29, 0.717) is 13.2 Å². The van der Waals surface area contributed by atoms with Gasteiger partial charge in [-0.05, 0) is 43.4 Å². The molecule has 166 valence electrons. The first kappa shape index (κ1) is 21.0. The standard InChI is InChI=1S/C24H30ClN3O3/c1-2-31-20(14-26-8-10-27(11-9-26)19-5-3-4-18(25)13-19)15-28-23(29)21-16-6-7-17(12-16)22(21)24(28)30/h3-7,13,16-17,20-22H,2,8-12,14-15H2,1H3/t16-,17?,20?,21-,22?/m0/s1. The van der Waals surface area contributed by atoms with Crippen LogP contribution >= 0.6 is 11.6 Å². The van der Waals surface area contributed by atoms with Gasteiger partial charge < -0.3 is 9.64 Å². The molecule has 1 aromatic rings. The summed E-state index contributed by atoms with van der Waals surface area (Å²) in [6, 6.07) is 7.97. The quantitative estimate of drug-likeness (QED) is 0.479. The molecule has 0 spiro atoms. The van der Waals surface area contributed by atoms with Crippen molar-refractivity contribution in [2.24, 2.45) is 23.7 Å². The zero-order chi connectivity index (χ0) is 21.5. The lowest BCUT2D eigenvalue weighted by molar-refractivity contribution is -0.143. The highest BCUT2D eigenvalue weighted by atomic mass is 35.5. The molecule has 2 aliphatic carbocycles. The molecule has 1 aromatic carbocycles. The van der Waals surface area contributed by atoms with Gasteiger partial charge in [-0.25, -0.2) is 0 Å². The van der Waals surface area contributed by atoms with Gasteiger partial charge in [-0.2, -0.15) is 0 Å². The molecule has 0 N–H and O–H groups in total. The van der Waals surface area contributed by atoms with Gasteiger partial charge in [-0.15, -0.1) is 0 Å². The van der Waals surface area contributed by atoms with Crippen LogP contribution in [0.5, 0.6) is 0 Å². The van der Waals surface area contributed by atoms with Crippen LogP contribution in [0.4, 0.5) is 5.69 Å². The van der Waals surface area contributed by atoms with E-state index in [9.17, 15) is 9.59 Å². The van der Waals surface area contributed by atoms with Gasteiger partial charge in [-0.3, -0.25) is 19.4 Å². The first-order valence-electron chi connectivity index (χ1n) is 11.4. The zero-order valence-corrected chi connectivity index (χ0v) is 18.7. The van der Waals surface area contributed by atoms with Crippen molar-refractivity contribution in [3.63, 3.8) is 0 Å². The lowest BCUT2D eigenvalue weighted by atomic mass is 9.85. The molecule has 3 fully saturated rings. The molecule has 2 bridgehead atoms. The number of allylic oxidation sites excluding steroid dienone is 2. The highest BCUT2D eigenvalue weighted by molar-refractivity contribution is 6.30. The Hall–Kier alpha value is -1.89. The van der Waals surface area contributed by atoms with Crippen LogP contribution in [-0.2, 0) is 14.3 Å². The van der Waals surface area contributed by atoms with Gasteiger partial charge in [0.25, 0.3) is 0 Å². The normalized spacial score (nSPS) is 31.0. The van der Waals surface area contributed by atoms with Gasteiger partial charge in [0.2, 0.25) is 11.8 Å². The van der Waals surface area contributed by atoms with Gasteiger partial charge in [-0.1, -0.05) is 29.8 Å². The van der Waals surface area contributed by atoms with E-state index < -0.39 is 0 Å². The molecule has 4 aliphatic rings. The molecule has 5 rings (SSSR count). The molecule has 2 amide bonds. The number of benzene rings is 1. The minimum absolute atomic E-state index is 0.0160. The van der Waals surface area contributed by atoms with E-state index in [1.54, 1.807) is 0 Å². The van der Waals surface area contributed by atoms with E-state index in [0.717, 1.165) is 49.9 Å². The smallest absolute Gasteiger partial charge is 0.233 e. The molecule has 7 heteroatoms. The van der Waals surface area contributed by atoms with Crippen LogP contribution in [0.1, 0.15) is 13.3 Å². The number of nitrogens with zero attached hydrogens (tertiary/aromatic N) is 3. The number of anilines is 1. The maximum Gasteiger partial charge on any atom is 0.233 e. The Kier molecular flexibility index (Phi) is 5.80. The fourth-order valence-corrected chi connectivity index (χ4v) is 6.08. The van der Waals surface area contributed by atoms with Crippen molar-refractivity contribution in [3.05, 3.63) is 41.4 Å². The fourth-order valence-electron chi connectivity index (χ4n) is 5.90. The number of carbonyl (C=O) groups excluding carboxylic acids is 2. The Morgan fingerprint density at radius 1 is 1.03 bits per heavy atom. The number of fused-ring (bicyclic) bond motifs is 5. The van der Waals surface area contributed by atoms with Crippen molar-refractivity contribution in [2.75, 3.05) is 50.8 Å². The Morgan fingerprint density at radius 2 is 1.71 bits per heavy atom. The zero-order valence-electron chi connectivity index (χ0n) is 18.0. The van der Waals surface area contributed by atoms with Gasteiger partial charge in [0.1, 0.15) is 0 Å². The van der Waals surface area contributed by atoms with Gasteiger partial charge in [0.15, 0.2) is 0 Å². The maximum absolute atomic E-state index is 13.0. The number of likely N-dealkylation sites (tertiary alicyclic amines) is 1. The molecule has 2 saturated heterocycles. The monoisotopic (exact) mass is 443 g/mol. The Bertz CT molecular complexity index is 853. The van der Waals surface area contributed by atoms with Crippen LogP contribution in [0.25, 0.3) is 0 Å². The number of rotatable bonds is 7. The number of carbonyl (C=O) groups is 2. The second-order valence-electron chi connectivity index (χ2n) is 9.13. The lowest BCUT2D eigenvalue weighted by Gasteiger charge is -2.38. The van der Waals surface area contributed by atoms with E-state index in [1.165, 1.54) is 4.90 Å². The molecule has 2 aliphatic heterocycles. The summed E-state index contributed by atoms with van der Waals surface area (Å²) in [5.74, 6) is 0.268. The number of ether oxygens (including phenoxy) is 1. The summed E-state index contributed by atoms with van der Waals surface area (Å²) in [6.45, 7) is 7.30. The van der Waals surface area contributed by atoms with Crippen molar-refractivity contribution in [1.29, 1.82) is 0 Å². The minimum Gasteiger partial charge on any atom is -0.375 e. The largest absolute Gasteiger partial charge is 0.375 e. The summed E-state index contributed by atoms with van der Waals surface area (Å²) in [4.78, 5) is 32.3. The predicted octanol–water partition coefficient (Wildman–Crippen LogP) is 2.67. The maximum atomic E-state index is 13.0. The highest BCUT2D eigenvalue weighted by Crippen LogP contribution is 2.52. The third-order valence-electron chi connectivity index (χ3n) is 7.36. The Balaban J connectivity index is 1.19. The Morgan fingerprint density at radius 3 is 2.32 bits per heavy atom. The average Bonchev–Trinajstić information content (AvgIpc) is 3.45. The summed E-state index contributed by atoms with van der Waals surface area (Å²) < 4.78 is 5.99. The number of piperazine rings is 1. The highest BCUT2D eigenvalue weighted by Gasteiger charge is 2.59. The molecule has 3 unspecified atom stereocenters. The molecule has 5 atom stereocenters. The Labute approximate surface area is 188 Å². The number of hydrogen-bond donors (Lipinski definition) is 0. The fraction of sp³-hybridized carbons (Fsp3) is 0.583. The predicted molar refractivity (Wildman–Crippen MR) is 120 cm³/mol. The molecule has 0 radical (unpaired) electrons. The summed E-state index contributed by atoms with van der Waals surface area (Å²) in [7, 11) is 0. The van der Waals surface area contributed by atoms with E-state index in [1.807, 2.05) is 25.1 Å².